The Morgan fingerprint density at radius 3 is 1.67 bits per heavy atom. The quantitative estimate of drug-likeness (QED) is 0.537. The van der Waals surface area contributed by atoms with Crippen LogP contribution in [0.4, 0.5) is 13.2 Å². The Balaban J connectivity index is 4.01. The lowest BCUT2D eigenvalue weighted by Gasteiger charge is -2.19. The van der Waals surface area contributed by atoms with Crippen molar-refractivity contribution in [3.05, 3.63) is 0 Å². The largest absolute Gasteiger partial charge is 0.256 e. The van der Waals surface area contributed by atoms with Gasteiger partial charge in [0.15, 0.2) is 6.17 Å². The standard InChI is InChI=1S/C5H10F3Si/c1-4(6)5(7,8)9(2)3/h4H,1-3H3. The monoisotopic (exact) mass is 155 g/mol. The molecule has 0 saturated carbocycles. The molecule has 0 N–H and O–H groups in total. The van der Waals surface area contributed by atoms with E-state index in [0.29, 0.717) is 0 Å². The molecular formula is C5H10F3Si. The van der Waals surface area contributed by atoms with E-state index in [1.54, 1.807) is 0 Å². The predicted octanol–water partition coefficient (Wildman–Crippen LogP) is 2.27. The number of hydrogen-bond donors (Lipinski definition) is 0. The van der Waals surface area contributed by atoms with Gasteiger partial charge < -0.3 is 0 Å². The SMILES string of the molecule is CC(F)C(F)(F)[Si](C)C. The molecule has 0 heterocycles. The lowest BCUT2D eigenvalue weighted by molar-refractivity contribution is 0.00820. The first-order valence-electron chi connectivity index (χ1n) is 2.71. The highest BCUT2D eigenvalue weighted by Gasteiger charge is 2.40. The third kappa shape index (κ3) is 2.00. The summed E-state index contributed by atoms with van der Waals surface area (Å²) in [5, 5.41) is 0. The molecule has 9 heavy (non-hydrogen) atoms. The molecule has 55 valence electrons. The van der Waals surface area contributed by atoms with Gasteiger partial charge in [0, 0.05) is 0 Å². The molecule has 0 nitrogen and oxygen atoms in total. The lowest BCUT2D eigenvalue weighted by Crippen LogP contribution is -2.40. The maximum Gasteiger partial charge on any atom is 0.256 e. The lowest BCUT2D eigenvalue weighted by atomic mass is 10.5. The number of hydrogen-bond acceptors (Lipinski definition) is 0. The minimum atomic E-state index is -3.06. The fourth-order valence-electron chi connectivity index (χ4n) is 0.398. The minimum Gasteiger partial charge on any atom is -0.242 e. The number of alkyl halides is 3. The van der Waals surface area contributed by atoms with Crippen LogP contribution in [0, 0.1) is 0 Å². The van der Waals surface area contributed by atoms with E-state index in [0.717, 1.165) is 6.92 Å². The molecule has 0 saturated heterocycles. The van der Waals surface area contributed by atoms with Crippen molar-refractivity contribution in [1.82, 2.24) is 0 Å². The van der Waals surface area contributed by atoms with Gasteiger partial charge in [-0.2, -0.15) is 0 Å². The summed E-state index contributed by atoms with van der Waals surface area (Å²) in [4.78, 5) is 0. The Morgan fingerprint density at radius 2 is 1.67 bits per heavy atom. The maximum atomic E-state index is 12.3. The first kappa shape index (κ1) is 9.01. The second kappa shape index (κ2) is 2.73. The van der Waals surface area contributed by atoms with Gasteiger partial charge in [-0.05, 0) is 6.92 Å². The van der Waals surface area contributed by atoms with E-state index in [1.165, 1.54) is 13.1 Å². The molecule has 0 bridgehead atoms. The molecule has 0 rings (SSSR count). The summed E-state index contributed by atoms with van der Waals surface area (Å²) in [6.07, 6.45) is -2.00. The summed E-state index contributed by atoms with van der Waals surface area (Å²) in [6.45, 7) is 3.71. The summed E-state index contributed by atoms with van der Waals surface area (Å²) in [5.74, 6) is 0. The molecule has 0 aliphatic carbocycles. The van der Waals surface area contributed by atoms with Crippen LogP contribution in [0.5, 0.6) is 0 Å². The van der Waals surface area contributed by atoms with E-state index < -0.39 is 20.5 Å². The second-order valence-electron chi connectivity index (χ2n) is 2.24. The summed E-state index contributed by atoms with van der Waals surface area (Å²) >= 11 is 0. The second-order valence-corrected chi connectivity index (χ2v) is 4.91. The first-order valence-corrected chi connectivity index (χ1v) is 5.21. The molecule has 0 aromatic rings. The van der Waals surface area contributed by atoms with Crippen molar-refractivity contribution in [1.29, 1.82) is 0 Å². The maximum absolute atomic E-state index is 12.3. The molecule has 0 amide bonds. The fraction of sp³-hybridized carbons (Fsp3) is 1.00. The number of rotatable bonds is 2. The third-order valence-corrected chi connectivity index (χ3v) is 2.90. The van der Waals surface area contributed by atoms with Crippen LogP contribution in [0.3, 0.4) is 0 Å². The average molecular weight is 155 g/mol. The highest BCUT2D eigenvalue weighted by molar-refractivity contribution is 6.58. The van der Waals surface area contributed by atoms with E-state index >= 15 is 0 Å². The zero-order valence-corrected chi connectivity index (χ0v) is 6.71. The van der Waals surface area contributed by atoms with Crippen molar-refractivity contribution in [2.75, 3.05) is 0 Å². The van der Waals surface area contributed by atoms with Gasteiger partial charge in [-0.3, -0.25) is 0 Å². The Labute approximate surface area is 54.7 Å². The van der Waals surface area contributed by atoms with Crippen LogP contribution in [-0.4, -0.2) is 20.5 Å². The fourth-order valence-corrected chi connectivity index (χ4v) is 1.19. The van der Waals surface area contributed by atoms with Gasteiger partial charge in [0.05, 0.1) is 0 Å². The van der Waals surface area contributed by atoms with Crippen molar-refractivity contribution in [3.63, 3.8) is 0 Å². The smallest absolute Gasteiger partial charge is 0.242 e. The van der Waals surface area contributed by atoms with Gasteiger partial charge in [-0.25, -0.2) is 13.2 Å². The molecule has 1 radical (unpaired) electrons. The normalized spacial score (nSPS) is 16.3. The summed E-state index contributed by atoms with van der Waals surface area (Å²) < 4.78 is 36.7. The van der Waals surface area contributed by atoms with Crippen molar-refractivity contribution in [3.8, 4) is 0 Å². The van der Waals surface area contributed by atoms with E-state index in [9.17, 15) is 13.2 Å². The predicted molar refractivity (Wildman–Crippen MR) is 33.0 cm³/mol. The van der Waals surface area contributed by atoms with Crippen LogP contribution < -0.4 is 0 Å². The Hall–Kier alpha value is 0.00688. The zero-order valence-electron chi connectivity index (χ0n) is 5.71. The van der Waals surface area contributed by atoms with Crippen LogP contribution in [-0.2, 0) is 0 Å². The summed E-state index contributed by atoms with van der Waals surface area (Å²) in [7, 11) is -1.82. The Morgan fingerprint density at radius 1 is 1.33 bits per heavy atom. The van der Waals surface area contributed by atoms with E-state index in [1.807, 2.05) is 0 Å². The molecular weight excluding hydrogens is 145 g/mol. The van der Waals surface area contributed by atoms with Crippen LogP contribution in [0.25, 0.3) is 0 Å². The van der Waals surface area contributed by atoms with Gasteiger partial charge in [-0.1, -0.05) is 13.1 Å². The average Bonchev–Trinajstić information content (AvgIpc) is 1.65. The molecule has 0 aromatic heterocycles. The van der Waals surface area contributed by atoms with Crippen LogP contribution >= 0.6 is 0 Å². The van der Waals surface area contributed by atoms with Crippen LogP contribution in [0.15, 0.2) is 0 Å². The topological polar surface area (TPSA) is 0 Å². The third-order valence-electron chi connectivity index (χ3n) is 1.17. The van der Waals surface area contributed by atoms with Crippen molar-refractivity contribution in [2.24, 2.45) is 0 Å². The van der Waals surface area contributed by atoms with E-state index in [4.69, 9.17) is 0 Å². The molecule has 0 spiro atoms. The van der Waals surface area contributed by atoms with Gasteiger partial charge >= 0.3 is 0 Å². The zero-order chi connectivity index (χ0) is 7.65. The highest BCUT2D eigenvalue weighted by atomic mass is 28.3. The molecule has 0 fully saturated rings. The Kier molecular flexibility index (Phi) is 2.73. The minimum absolute atomic E-state index is 0.900. The van der Waals surface area contributed by atoms with Gasteiger partial charge in [0.25, 0.3) is 5.55 Å². The van der Waals surface area contributed by atoms with E-state index in [-0.39, 0.29) is 0 Å². The highest BCUT2D eigenvalue weighted by Crippen LogP contribution is 2.23. The molecule has 1 atom stereocenters. The Bertz CT molecular complexity index is 80.2. The molecule has 4 heteroatoms. The number of halogens is 3. The first-order chi connectivity index (χ1) is 3.89. The van der Waals surface area contributed by atoms with Crippen LogP contribution in [0.1, 0.15) is 6.92 Å². The molecule has 1 unspecified atom stereocenters. The van der Waals surface area contributed by atoms with E-state index in [2.05, 4.69) is 0 Å². The van der Waals surface area contributed by atoms with Gasteiger partial charge in [-0.15, -0.1) is 0 Å². The van der Waals surface area contributed by atoms with Gasteiger partial charge in [0.2, 0.25) is 0 Å². The summed E-state index contributed by atoms with van der Waals surface area (Å²) in [5.41, 5.74) is -3.06. The van der Waals surface area contributed by atoms with Crippen molar-refractivity contribution < 1.29 is 13.2 Å². The summed E-state index contributed by atoms with van der Waals surface area (Å²) in [6, 6.07) is 0. The molecule has 0 aromatic carbocycles. The molecule has 0 aliphatic heterocycles. The van der Waals surface area contributed by atoms with Crippen molar-refractivity contribution in [2.45, 2.75) is 31.7 Å². The van der Waals surface area contributed by atoms with Crippen molar-refractivity contribution >= 4 is 8.80 Å². The molecule has 0 aliphatic rings. The van der Waals surface area contributed by atoms with Crippen LogP contribution in [0.2, 0.25) is 13.1 Å². The van der Waals surface area contributed by atoms with Gasteiger partial charge in [0.1, 0.15) is 8.80 Å².